The van der Waals surface area contributed by atoms with E-state index < -0.39 is 0 Å². The lowest BCUT2D eigenvalue weighted by Gasteiger charge is -2.33. The second-order valence-corrected chi connectivity index (χ2v) is 7.16. The number of aromatic nitrogens is 2. The highest BCUT2D eigenvalue weighted by Crippen LogP contribution is 2.28. The summed E-state index contributed by atoms with van der Waals surface area (Å²) in [5.74, 6) is 0.856. The number of piperazine rings is 1. The Labute approximate surface area is 170 Å². The highest BCUT2D eigenvalue weighted by atomic mass is 16.6. The monoisotopic (exact) mass is 394 g/mol. The van der Waals surface area contributed by atoms with Gasteiger partial charge >= 0.3 is 6.09 Å². The number of rotatable bonds is 5. The molecule has 0 unspecified atom stereocenters. The van der Waals surface area contributed by atoms with Gasteiger partial charge in [-0.25, -0.2) is 4.79 Å². The van der Waals surface area contributed by atoms with Crippen molar-refractivity contribution in [2.24, 2.45) is 0 Å². The van der Waals surface area contributed by atoms with Gasteiger partial charge in [0.2, 0.25) is 0 Å². The minimum Gasteiger partial charge on any atom is -0.497 e. The van der Waals surface area contributed by atoms with Gasteiger partial charge in [-0.1, -0.05) is 18.2 Å². The molecule has 152 valence electrons. The van der Waals surface area contributed by atoms with Crippen LogP contribution in [0.25, 0.3) is 22.0 Å². The van der Waals surface area contributed by atoms with Crippen LogP contribution in [0.4, 0.5) is 4.79 Å². The fraction of sp³-hybridized carbons (Fsp3) is 0.364. The lowest BCUT2D eigenvalue weighted by Crippen LogP contribution is -2.48. The fourth-order valence-corrected chi connectivity index (χ4v) is 3.73. The largest absolute Gasteiger partial charge is 0.497 e. The number of nitrogens with zero attached hydrogens (tertiary/aromatic N) is 3. The third kappa shape index (κ3) is 4.19. The van der Waals surface area contributed by atoms with Crippen LogP contribution in [0.1, 0.15) is 12.5 Å². The SMILES string of the molecule is CCOC(=O)N1CCN(Cc2cn[nH]c2-c2ccc3cc(OC)ccc3c2)CC1. The van der Waals surface area contributed by atoms with Crippen LogP contribution in [-0.2, 0) is 11.3 Å². The van der Waals surface area contributed by atoms with Gasteiger partial charge in [0, 0.05) is 43.9 Å². The Hall–Kier alpha value is -3.06. The number of hydrogen-bond acceptors (Lipinski definition) is 5. The molecule has 7 heteroatoms. The normalized spacial score (nSPS) is 14.9. The number of methoxy groups -OCH3 is 1. The predicted octanol–water partition coefficient (Wildman–Crippen LogP) is 3.51. The molecule has 0 radical (unpaired) electrons. The maximum absolute atomic E-state index is 11.9. The summed E-state index contributed by atoms with van der Waals surface area (Å²) >= 11 is 0. The van der Waals surface area contributed by atoms with Crippen molar-refractivity contribution in [2.45, 2.75) is 13.5 Å². The summed E-state index contributed by atoms with van der Waals surface area (Å²) in [5.41, 5.74) is 3.30. The van der Waals surface area contributed by atoms with Gasteiger partial charge < -0.3 is 14.4 Å². The molecule has 29 heavy (non-hydrogen) atoms. The zero-order chi connectivity index (χ0) is 20.2. The summed E-state index contributed by atoms with van der Waals surface area (Å²) in [6, 6.07) is 12.5. The molecule has 4 rings (SSSR count). The molecule has 0 aliphatic carbocycles. The van der Waals surface area contributed by atoms with E-state index in [1.807, 2.05) is 25.3 Å². The molecule has 0 saturated carbocycles. The van der Waals surface area contributed by atoms with Crippen LogP contribution in [0.5, 0.6) is 5.75 Å². The number of nitrogens with one attached hydrogen (secondary N) is 1. The van der Waals surface area contributed by atoms with Crippen LogP contribution in [0.2, 0.25) is 0 Å². The van der Waals surface area contributed by atoms with Crippen molar-refractivity contribution in [3.63, 3.8) is 0 Å². The average molecular weight is 394 g/mol. The Morgan fingerprint density at radius 3 is 2.62 bits per heavy atom. The molecule has 1 N–H and O–H groups in total. The Morgan fingerprint density at radius 1 is 1.10 bits per heavy atom. The van der Waals surface area contributed by atoms with Crippen LogP contribution >= 0.6 is 0 Å². The zero-order valence-corrected chi connectivity index (χ0v) is 16.9. The van der Waals surface area contributed by atoms with E-state index in [1.54, 1.807) is 12.0 Å². The first-order valence-electron chi connectivity index (χ1n) is 9.92. The van der Waals surface area contributed by atoms with Gasteiger partial charge in [-0.2, -0.15) is 5.10 Å². The van der Waals surface area contributed by atoms with E-state index in [-0.39, 0.29) is 6.09 Å². The van der Waals surface area contributed by atoms with Crippen molar-refractivity contribution in [3.05, 3.63) is 48.2 Å². The smallest absolute Gasteiger partial charge is 0.409 e. The molecule has 0 atom stereocenters. The molecule has 1 amide bonds. The van der Waals surface area contributed by atoms with Crippen molar-refractivity contribution >= 4 is 16.9 Å². The van der Waals surface area contributed by atoms with Gasteiger partial charge in [-0.05, 0) is 35.9 Å². The van der Waals surface area contributed by atoms with Crippen molar-refractivity contribution in [1.29, 1.82) is 0 Å². The van der Waals surface area contributed by atoms with E-state index in [4.69, 9.17) is 9.47 Å². The predicted molar refractivity (Wildman–Crippen MR) is 112 cm³/mol. The van der Waals surface area contributed by atoms with E-state index in [9.17, 15) is 4.79 Å². The van der Waals surface area contributed by atoms with Gasteiger partial charge in [-0.15, -0.1) is 0 Å². The Morgan fingerprint density at radius 2 is 1.86 bits per heavy atom. The highest BCUT2D eigenvalue weighted by molar-refractivity contribution is 5.88. The van der Waals surface area contributed by atoms with Crippen LogP contribution < -0.4 is 4.74 Å². The van der Waals surface area contributed by atoms with E-state index in [2.05, 4.69) is 39.4 Å². The molecule has 2 aromatic carbocycles. The topological polar surface area (TPSA) is 70.7 Å². The van der Waals surface area contributed by atoms with Crippen LogP contribution in [-0.4, -0.2) is 66.0 Å². The maximum atomic E-state index is 11.9. The van der Waals surface area contributed by atoms with Crippen LogP contribution in [0.15, 0.2) is 42.6 Å². The standard InChI is InChI=1S/C22H26N4O3/c1-3-29-22(27)26-10-8-25(9-11-26)15-19-14-23-24-21(19)18-5-4-17-13-20(28-2)7-6-16(17)12-18/h4-7,12-14H,3,8-11,15H2,1-2H3,(H,23,24). The van der Waals surface area contributed by atoms with Crippen LogP contribution in [0, 0.1) is 0 Å². The number of H-pyrrole nitrogens is 1. The Balaban J connectivity index is 1.47. The van der Waals surface area contributed by atoms with Gasteiger partial charge in [0.15, 0.2) is 0 Å². The number of carbonyl (C=O) groups is 1. The van der Waals surface area contributed by atoms with E-state index >= 15 is 0 Å². The lowest BCUT2D eigenvalue weighted by molar-refractivity contribution is 0.0779. The molecule has 0 spiro atoms. The number of benzene rings is 2. The molecule has 7 nitrogen and oxygen atoms in total. The number of aromatic amines is 1. The first-order valence-corrected chi connectivity index (χ1v) is 9.92. The second-order valence-electron chi connectivity index (χ2n) is 7.16. The van der Waals surface area contributed by atoms with Crippen molar-refractivity contribution < 1.29 is 14.3 Å². The van der Waals surface area contributed by atoms with Gasteiger partial charge in [0.05, 0.1) is 25.6 Å². The number of hydrogen-bond donors (Lipinski definition) is 1. The van der Waals surface area contributed by atoms with Crippen molar-refractivity contribution in [3.8, 4) is 17.0 Å². The van der Waals surface area contributed by atoms with E-state index in [1.165, 1.54) is 0 Å². The fourth-order valence-electron chi connectivity index (χ4n) is 3.73. The minimum absolute atomic E-state index is 0.219. The summed E-state index contributed by atoms with van der Waals surface area (Å²) in [4.78, 5) is 16.0. The van der Waals surface area contributed by atoms with Gasteiger partial charge in [0.25, 0.3) is 0 Å². The minimum atomic E-state index is -0.219. The van der Waals surface area contributed by atoms with Crippen molar-refractivity contribution in [2.75, 3.05) is 39.9 Å². The Bertz CT molecular complexity index is 993. The number of carbonyl (C=O) groups excluding carboxylic acids is 1. The van der Waals surface area contributed by atoms with E-state index in [0.29, 0.717) is 19.7 Å². The summed E-state index contributed by atoms with van der Waals surface area (Å²) in [5, 5.41) is 9.74. The quantitative estimate of drug-likeness (QED) is 0.717. The van der Waals surface area contributed by atoms with E-state index in [0.717, 1.165) is 53.0 Å². The summed E-state index contributed by atoms with van der Waals surface area (Å²) in [7, 11) is 1.68. The second kappa shape index (κ2) is 8.53. The van der Waals surface area contributed by atoms with Crippen molar-refractivity contribution in [1.82, 2.24) is 20.0 Å². The molecule has 1 aromatic heterocycles. The summed E-state index contributed by atoms with van der Waals surface area (Å²) < 4.78 is 10.4. The van der Waals surface area contributed by atoms with Crippen LogP contribution in [0.3, 0.4) is 0 Å². The molecule has 1 aliphatic heterocycles. The molecule has 1 fully saturated rings. The molecule has 0 bridgehead atoms. The first kappa shape index (κ1) is 19.3. The summed E-state index contributed by atoms with van der Waals surface area (Å²) in [6.07, 6.45) is 1.68. The molecular weight excluding hydrogens is 368 g/mol. The average Bonchev–Trinajstić information content (AvgIpc) is 3.21. The van der Waals surface area contributed by atoms with Gasteiger partial charge in [-0.3, -0.25) is 10.00 Å². The first-order chi connectivity index (χ1) is 14.2. The zero-order valence-electron chi connectivity index (χ0n) is 16.9. The molecule has 1 aliphatic rings. The summed E-state index contributed by atoms with van der Waals surface area (Å²) in [6.45, 7) is 6.05. The third-order valence-corrected chi connectivity index (χ3v) is 5.35. The Kier molecular flexibility index (Phi) is 5.67. The molecular formula is C22H26N4O3. The molecule has 3 aromatic rings. The molecule has 1 saturated heterocycles. The third-order valence-electron chi connectivity index (χ3n) is 5.35. The lowest BCUT2D eigenvalue weighted by atomic mass is 10.0. The molecule has 2 heterocycles. The number of fused-ring (bicyclic) bond motifs is 1. The number of ether oxygens (including phenoxy) is 2. The van der Waals surface area contributed by atoms with Gasteiger partial charge in [0.1, 0.15) is 5.75 Å². The number of amides is 1. The highest BCUT2D eigenvalue weighted by Gasteiger charge is 2.23. The maximum Gasteiger partial charge on any atom is 0.409 e.